The molecule has 0 heterocycles. The van der Waals surface area contributed by atoms with E-state index in [0.717, 1.165) is 6.26 Å². The van der Waals surface area contributed by atoms with E-state index in [2.05, 4.69) is 16.1 Å². The first kappa shape index (κ1) is 34.2. The third kappa shape index (κ3) is 25.3. The van der Waals surface area contributed by atoms with Gasteiger partial charge >= 0.3 is 12.1 Å². The number of hydrogen-bond donors (Lipinski definition) is 1. The number of amides is 1. The van der Waals surface area contributed by atoms with Gasteiger partial charge < -0.3 is 38.5 Å². The normalized spacial score (nSPS) is 12.7. The van der Waals surface area contributed by atoms with Crippen molar-refractivity contribution in [3.8, 4) is 0 Å². The van der Waals surface area contributed by atoms with Gasteiger partial charge in [0, 0.05) is 0 Å². The lowest BCUT2D eigenvalue weighted by Gasteiger charge is -2.19. The van der Waals surface area contributed by atoms with Gasteiger partial charge in [0.05, 0.1) is 78.4 Å². The molecular formula is C22H41NO12S. The predicted molar refractivity (Wildman–Crippen MR) is 129 cm³/mol. The van der Waals surface area contributed by atoms with E-state index in [1.165, 1.54) is 6.08 Å². The van der Waals surface area contributed by atoms with Crippen LogP contribution >= 0.6 is 0 Å². The van der Waals surface area contributed by atoms with Crippen molar-refractivity contribution in [3.05, 3.63) is 12.7 Å². The topological polar surface area (TPSA) is 154 Å². The number of alkyl carbamates (subject to hydrolysis) is 1. The average Bonchev–Trinajstić information content (AvgIpc) is 2.76. The van der Waals surface area contributed by atoms with E-state index in [1.807, 2.05) is 0 Å². The van der Waals surface area contributed by atoms with Gasteiger partial charge in [0.15, 0.2) is 0 Å². The summed E-state index contributed by atoms with van der Waals surface area (Å²) < 4.78 is 63.1. The first-order chi connectivity index (χ1) is 16.9. The van der Waals surface area contributed by atoms with E-state index in [1.54, 1.807) is 20.8 Å². The first-order valence-corrected chi connectivity index (χ1v) is 13.2. The lowest BCUT2D eigenvalue weighted by Crippen LogP contribution is -2.42. The molecule has 0 saturated carbocycles. The molecule has 0 saturated heterocycles. The number of rotatable bonds is 22. The van der Waals surface area contributed by atoms with Crippen molar-refractivity contribution in [2.45, 2.75) is 32.4 Å². The molecule has 0 aromatic carbocycles. The Balaban J connectivity index is 4.01. The Morgan fingerprint density at radius 3 is 1.86 bits per heavy atom. The van der Waals surface area contributed by atoms with E-state index in [-0.39, 0.29) is 79.3 Å². The Morgan fingerprint density at radius 1 is 0.861 bits per heavy atom. The van der Waals surface area contributed by atoms with Crippen LogP contribution in [-0.4, -0.2) is 118 Å². The highest BCUT2D eigenvalue weighted by Gasteiger charge is 2.16. The fourth-order valence-electron chi connectivity index (χ4n) is 2.25. The summed E-state index contributed by atoms with van der Waals surface area (Å²) in [4.78, 5) is 23.3. The smallest absolute Gasteiger partial charge is 0.407 e. The molecular weight excluding hydrogens is 502 g/mol. The van der Waals surface area contributed by atoms with Gasteiger partial charge in [-0.05, 0) is 20.8 Å². The molecule has 212 valence electrons. The second-order valence-corrected chi connectivity index (χ2v) is 9.91. The Labute approximate surface area is 213 Å². The Hall–Kier alpha value is -1.81. The van der Waals surface area contributed by atoms with Crippen molar-refractivity contribution >= 4 is 22.2 Å². The Kier molecular flexibility index (Phi) is 19.3. The molecule has 1 N–H and O–H groups in total. The van der Waals surface area contributed by atoms with Gasteiger partial charge in [-0.15, -0.1) is 0 Å². The predicted octanol–water partition coefficient (Wildman–Crippen LogP) is 0.668. The van der Waals surface area contributed by atoms with Crippen LogP contribution in [0, 0.1) is 0 Å². The number of hydrogen-bond acceptors (Lipinski definition) is 12. The molecule has 1 amide bonds. The van der Waals surface area contributed by atoms with Crippen LogP contribution in [-0.2, 0) is 52.3 Å². The second-order valence-electron chi connectivity index (χ2n) is 8.27. The highest BCUT2D eigenvalue weighted by Crippen LogP contribution is 2.06. The fraction of sp³-hybridized carbons (Fsp3) is 0.818. The quantitative estimate of drug-likeness (QED) is 0.0883. The molecule has 0 aliphatic carbocycles. The summed E-state index contributed by atoms with van der Waals surface area (Å²) in [5, 5.41) is 2.63. The van der Waals surface area contributed by atoms with Gasteiger partial charge in [-0.1, -0.05) is 12.7 Å². The zero-order valence-corrected chi connectivity index (χ0v) is 22.5. The van der Waals surface area contributed by atoms with Crippen LogP contribution in [0.15, 0.2) is 12.7 Å². The summed E-state index contributed by atoms with van der Waals surface area (Å²) in [6.45, 7) is 10.5. The van der Waals surface area contributed by atoms with Crippen molar-refractivity contribution in [3.63, 3.8) is 0 Å². The number of esters is 1. The van der Waals surface area contributed by atoms with Crippen LogP contribution in [0.4, 0.5) is 4.79 Å². The summed E-state index contributed by atoms with van der Waals surface area (Å²) in [5.41, 5.74) is -0.556. The molecule has 0 spiro atoms. The maximum atomic E-state index is 11.8. The molecule has 13 nitrogen and oxygen atoms in total. The van der Waals surface area contributed by atoms with E-state index < -0.39 is 33.8 Å². The lowest BCUT2D eigenvalue weighted by molar-refractivity contribution is -0.160. The maximum Gasteiger partial charge on any atom is 0.407 e. The van der Waals surface area contributed by atoms with Crippen LogP contribution in [0.1, 0.15) is 20.8 Å². The molecule has 1 atom stereocenters. The van der Waals surface area contributed by atoms with Crippen molar-refractivity contribution in [2.24, 2.45) is 0 Å². The molecule has 0 fully saturated rings. The molecule has 0 aliphatic heterocycles. The van der Waals surface area contributed by atoms with Crippen LogP contribution in [0.5, 0.6) is 0 Å². The van der Waals surface area contributed by atoms with E-state index in [9.17, 15) is 18.0 Å². The van der Waals surface area contributed by atoms with Crippen LogP contribution < -0.4 is 5.32 Å². The molecule has 0 rings (SSSR count). The summed E-state index contributed by atoms with van der Waals surface area (Å²) in [6.07, 6.45) is 1.77. The Morgan fingerprint density at radius 2 is 1.36 bits per heavy atom. The highest BCUT2D eigenvalue weighted by molar-refractivity contribution is 7.85. The molecule has 0 aromatic heterocycles. The summed E-state index contributed by atoms with van der Waals surface area (Å²) in [6, 6.07) is -0.493. The third-order valence-electron chi connectivity index (χ3n) is 3.57. The number of ether oxygens (including phenoxy) is 7. The van der Waals surface area contributed by atoms with E-state index >= 15 is 0 Å². The number of carbonyl (C=O) groups excluding carboxylic acids is 2. The monoisotopic (exact) mass is 543 g/mol. The van der Waals surface area contributed by atoms with Gasteiger partial charge in [0.25, 0.3) is 10.1 Å². The summed E-state index contributed by atoms with van der Waals surface area (Å²) in [7, 11) is -3.49. The van der Waals surface area contributed by atoms with Crippen molar-refractivity contribution < 1.29 is 55.3 Å². The first-order valence-electron chi connectivity index (χ1n) is 11.4. The Bertz CT molecular complexity index is 708. The molecule has 0 bridgehead atoms. The average molecular weight is 544 g/mol. The largest absolute Gasteiger partial charge is 0.458 e. The van der Waals surface area contributed by atoms with E-state index in [4.69, 9.17) is 33.2 Å². The van der Waals surface area contributed by atoms with Crippen molar-refractivity contribution in [1.29, 1.82) is 0 Å². The zero-order chi connectivity index (χ0) is 27.3. The van der Waals surface area contributed by atoms with Crippen LogP contribution in [0.3, 0.4) is 0 Å². The van der Waals surface area contributed by atoms with Gasteiger partial charge in [0.1, 0.15) is 18.8 Å². The minimum absolute atomic E-state index is 0.0630. The fourth-order valence-corrected chi connectivity index (χ4v) is 2.62. The highest BCUT2D eigenvalue weighted by atomic mass is 32.2. The molecule has 0 aromatic rings. The van der Waals surface area contributed by atoms with E-state index in [0.29, 0.717) is 0 Å². The van der Waals surface area contributed by atoms with Gasteiger partial charge in [0.2, 0.25) is 0 Å². The minimum Gasteiger partial charge on any atom is -0.458 e. The van der Waals surface area contributed by atoms with Crippen LogP contribution in [0.25, 0.3) is 0 Å². The summed E-state index contributed by atoms with van der Waals surface area (Å²) >= 11 is 0. The van der Waals surface area contributed by atoms with Crippen LogP contribution in [0.2, 0.25) is 0 Å². The molecule has 14 heteroatoms. The van der Waals surface area contributed by atoms with Crippen molar-refractivity contribution in [2.75, 3.05) is 85.5 Å². The SMILES string of the molecule is C=CCOC(=O)N[C@@H](COCCOCCOCC(=O)OC(C)(C)C)COCCOCCOS(C)(=O)=O. The minimum atomic E-state index is -3.49. The molecule has 0 aliphatic rings. The maximum absolute atomic E-state index is 11.8. The van der Waals surface area contributed by atoms with Gasteiger partial charge in [-0.25, -0.2) is 9.59 Å². The molecule has 0 radical (unpaired) electrons. The van der Waals surface area contributed by atoms with Crippen molar-refractivity contribution in [1.82, 2.24) is 5.32 Å². The zero-order valence-electron chi connectivity index (χ0n) is 21.7. The third-order valence-corrected chi connectivity index (χ3v) is 4.17. The number of carbonyl (C=O) groups is 2. The number of nitrogens with one attached hydrogen (secondary N) is 1. The second kappa shape index (κ2) is 20.3. The lowest BCUT2D eigenvalue weighted by atomic mass is 10.2. The summed E-state index contributed by atoms with van der Waals surface area (Å²) in [5.74, 6) is -0.439. The van der Waals surface area contributed by atoms with Gasteiger partial charge in [-0.3, -0.25) is 4.18 Å². The standard InChI is InChI=1S/C22H41NO12S/c1-6-7-33-21(25)23-19(17-31-12-9-29-14-15-34-36(5,26)27)16-30-11-8-28-10-13-32-18-20(24)35-22(2,3)4/h6,19H,1,7-18H2,2-5H3,(H,23,25)/t19-/m0/s1. The molecule has 0 unspecified atom stereocenters. The van der Waals surface area contributed by atoms with Gasteiger partial charge in [-0.2, -0.15) is 8.42 Å². The molecule has 36 heavy (non-hydrogen) atoms.